The van der Waals surface area contributed by atoms with Gasteiger partial charge in [-0.25, -0.2) is 4.68 Å². The number of benzene rings is 1. The molecule has 0 saturated heterocycles. The van der Waals surface area contributed by atoms with Crippen LogP contribution < -0.4 is 0 Å². The largest absolute Gasteiger partial charge is 0.328 e. The minimum absolute atomic E-state index is 0.624. The zero-order chi connectivity index (χ0) is 15.0. The molecule has 106 valence electrons. The molecule has 0 radical (unpaired) electrons. The lowest BCUT2D eigenvalue weighted by atomic mass is 10.1. The summed E-state index contributed by atoms with van der Waals surface area (Å²) in [5.41, 5.74) is 4.64. The van der Waals surface area contributed by atoms with Gasteiger partial charge in [0.05, 0.1) is 23.9 Å². The fraction of sp³-hybridized carbons (Fsp3) is 0.267. The van der Waals surface area contributed by atoms with Crippen LogP contribution in [0.15, 0.2) is 24.3 Å². The van der Waals surface area contributed by atoms with Gasteiger partial charge in [0.2, 0.25) is 0 Å². The third-order valence-corrected chi connectivity index (χ3v) is 3.85. The lowest BCUT2D eigenvalue weighted by Gasteiger charge is -2.06. The van der Waals surface area contributed by atoms with Gasteiger partial charge < -0.3 is 4.98 Å². The van der Waals surface area contributed by atoms with Crippen molar-refractivity contribution in [1.82, 2.24) is 19.3 Å². The first-order valence-corrected chi connectivity index (χ1v) is 7.19. The van der Waals surface area contributed by atoms with E-state index in [1.165, 1.54) is 0 Å². The summed E-state index contributed by atoms with van der Waals surface area (Å²) in [5.74, 6) is 0. The number of nitrogens with one attached hydrogen (secondary N) is 1. The number of rotatable bonds is 3. The molecule has 3 aromatic rings. The van der Waals surface area contributed by atoms with Crippen LogP contribution in [-0.4, -0.2) is 19.3 Å². The number of aromatic nitrogens is 4. The van der Waals surface area contributed by atoms with E-state index >= 15 is 0 Å². The zero-order valence-corrected chi connectivity index (χ0v) is 12.7. The Morgan fingerprint density at radius 1 is 1.43 bits per heavy atom. The number of nitriles is 1. The monoisotopic (exact) mass is 297 g/mol. The summed E-state index contributed by atoms with van der Waals surface area (Å²) < 4.78 is 4.66. The normalized spacial score (nSPS) is 10.9. The number of aryl methyl sites for hydroxylation is 2. The fourth-order valence-corrected chi connectivity index (χ4v) is 2.80. The Hall–Kier alpha value is -2.39. The summed E-state index contributed by atoms with van der Waals surface area (Å²) in [6, 6.07) is 9.75. The van der Waals surface area contributed by atoms with E-state index in [2.05, 4.69) is 23.1 Å². The Kier molecular flexibility index (Phi) is 3.35. The molecular weight excluding hydrogens is 282 g/mol. The summed E-state index contributed by atoms with van der Waals surface area (Å²) in [7, 11) is 0. The molecule has 2 heterocycles. The van der Waals surface area contributed by atoms with Crippen molar-refractivity contribution in [2.75, 3.05) is 0 Å². The first-order valence-electron chi connectivity index (χ1n) is 6.79. The number of aromatic amines is 1. The Morgan fingerprint density at radius 3 is 2.95 bits per heavy atom. The molecule has 0 unspecified atom stereocenters. The maximum absolute atomic E-state index is 9.00. The molecule has 6 heteroatoms. The van der Waals surface area contributed by atoms with Crippen molar-refractivity contribution in [2.24, 2.45) is 0 Å². The third-order valence-electron chi connectivity index (χ3n) is 3.53. The van der Waals surface area contributed by atoms with E-state index in [1.807, 2.05) is 34.4 Å². The summed E-state index contributed by atoms with van der Waals surface area (Å²) in [4.78, 5) is 3.23. The van der Waals surface area contributed by atoms with Crippen LogP contribution in [0.4, 0.5) is 0 Å². The number of hydrogen-bond donors (Lipinski definition) is 1. The lowest BCUT2D eigenvalue weighted by molar-refractivity contribution is 0.643. The molecule has 0 fully saturated rings. The standard InChI is InChI=1S/C15H15N5S/c1-3-20-14-13(10(2)18-20)17-15(21)19(14)9-12-6-4-5-11(7-12)8-16/h4-7H,3,9H2,1-2H3,(H,17,21). The van der Waals surface area contributed by atoms with Gasteiger partial charge in [0.25, 0.3) is 0 Å². The average Bonchev–Trinajstić information content (AvgIpc) is 2.97. The number of H-pyrrole nitrogens is 1. The Balaban J connectivity index is 2.14. The van der Waals surface area contributed by atoms with Gasteiger partial charge in [-0.2, -0.15) is 10.4 Å². The van der Waals surface area contributed by atoms with Crippen molar-refractivity contribution in [3.8, 4) is 6.07 Å². The van der Waals surface area contributed by atoms with Crippen molar-refractivity contribution in [2.45, 2.75) is 26.9 Å². The molecule has 21 heavy (non-hydrogen) atoms. The fourth-order valence-electron chi connectivity index (χ4n) is 2.55. The highest BCUT2D eigenvalue weighted by molar-refractivity contribution is 7.71. The Morgan fingerprint density at radius 2 is 2.24 bits per heavy atom. The number of imidazole rings is 1. The van der Waals surface area contributed by atoms with Gasteiger partial charge in [-0.15, -0.1) is 0 Å². The minimum Gasteiger partial charge on any atom is -0.328 e. The third kappa shape index (κ3) is 2.26. The SMILES string of the molecule is CCn1nc(C)c2[nH]c(=S)n(Cc3cccc(C#N)c3)c21. The van der Waals surface area contributed by atoms with Crippen LogP contribution >= 0.6 is 12.2 Å². The van der Waals surface area contributed by atoms with Crippen LogP contribution in [0.25, 0.3) is 11.2 Å². The summed E-state index contributed by atoms with van der Waals surface area (Å²) in [6.07, 6.45) is 0. The summed E-state index contributed by atoms with van der Waals surface area (Å²) in [6.45, 7) is 5.44. The molecule has 0 bridgehead atoms. The molecule has 0 saturated carbocycles. The van der Waals surface area contributed by atoms with Crippen LogP contribution in [0.2, 0.25) is 0 Å². The molecule has 0 atom stereocenters. The van der Waals surface area contributed by atoms with E-state index in [-0.39, 0.29) is 0 Å². The second-order valence-corrected chi connectivity index (χ2v) is 5.31. The van der Waals surface area contributed by atoms with Crippen LogP contribution in [0.5, 0.6) is 0 Å². The van der Waals surface area contributed by atoms with E-state index in [9.17, 15) is 0 Å². The lowest BCUT2D eigenvalue weighted by Crippen LogP contribution is -2.06. The van der Waals surface area contributed by atoms with Crippen LogP contribution in [0.1, 0.15) is 23.7 Å². The van der Waals surface area contributed by atoms with Crippen molar-refractivity contribution >= 4 is 23.4 Å². The van der Waals surface area contributed by atoms with Crippen molar-refractivity contribution in [3.05, 3.63) is 45.9 Å². The number of hydrogen-bond acceptors (Lipinski definition) is 3. The predicted octanol–water partition coefficient (Wildman–Crippen LogP) is 3.14. The van der Waals surface area contributed by atoms with Gasteiger partial charge in [-0.1, -0.05) is 12.1 Å². The van der Waals surface area contributed by atoms with E-state index in [0.29, 0.717) is 16.9 Å². The molecule has 0 spiro atoms. The van der Waals surface area contributed by atoms with Crippen LogP contribution in [0.3, 0.4) is 0 Å². The topological polar surface area (TPSA) is 62.3 Å². The molecule has 3 rings (SSSR count). The van der Waals surface area contributed by atoms with E-state index in [1.54, 1.807) is 6.07 Å². The summed E-state index contributed by atoms with van der Waals surface area (Å²) >= 11 is 5.44. The number of nitrogens with zero attached hydrogens (tertiary/aromatic N) is 4. The molecule has 1 aromatic carbocycles. The van der Waals surface area contributed by atoms with Crippen molar-refractivity contribution < 1.29 is 0 Å². The van der Waals surface area contributed by atoms with Gasteiger partial charge in [0.1, 0.15) is 5.52 Å². The predicted molar refractivity (Wildman–Crippen MR) is 83.6 cm³/mol. The summed E-state index contributed by atoms with van der Waals surface area (Å²) in [5, 5.41) is 13.5. The van der Waals surface area contributed by atoms with Gasteiger partial charge in [0.15, 0.2) is 10.4 Å². The highest BCUT2D eigenvalue weighted by atomic mass is 32.1. The molecule has 0 aliphatic carbocycles. The van der Waals surface area contributed by atoms with Crippen molar-refractivity contribution in [3.63, 3.8) is 0 Å². The van der Waals surface area contributed by atoms with E-state index < -0.39 is 0 Å². The maximum atomic E-state index is 9.00. The van der Waals surface area contributed by atoms with Gasteiger partial charge >= 0.3 is 0 Å². The maximum Gasteiger partial charge on any atom is 0.179 e. The van der Waals surface area contributed by atoms with Crippen LogP contribution in [0, 0.1) is 23.0 Å². The molecule has 0 amide bonds. The smallest absolute Gasteiger partial charge is 0.179 e. The quantitative estimate of drug-likeness (QED) is 0.755. The van der Waals surface area contributed by atoms with E-state index in [4.69, 9.17) is 17.5 Å². The first-order chi connectivity index (χ1) is 10.1. The molecular formula is C15H15N5S. The van der Waals surface area contributed by atoms with E-state index in [0.717, 1.165) is 29.0 Å². The second kappa shape index (κ2) is 5.19. The highest BCUT2D eigenvalue weighted by Gasteiger charge is 2.14. The minimum atomic E-state index is 0.624. The van der Waals surface area contributed by atoms with Crippen molar-refractivity contribution in [1.29, 1.82) is 5.26 Å². The number of fused-ring (bicyclic) bond motifs is 1. The second-order valence-electron chi connectivity index (χ2n) is 4.93. The molecule has 1 N–H and O–H groups in total. The first kappa shape index (κ1) is 13.6. The Bertz CT molecular complexity index is 906. The Labute approximate surface area is 127 Å². The zero-order valence-electron chi connectivity index (χ0n) is 11.9. The van der Waals surface area contributed by atoms with Crippen LogP contribution in [-0.2, 0) is 13.1 Å². The van der Waals surface area contributed by atoms with Gasteiger partial charge in [0, 0.05) is 6.54 Å². The molecule has 0 aliphatic rings. The van der Waals surface area contributed by atoms with Gasteiger partial charge in [-0.3, -0.25) is 4.57 Å². The van der Waals surface area contributed by atoms with Gasteiger partial charge in [-0.05, 0) is 43.8 Å². The highest BCUT2D eigenvalue weighted by Crippen LogP contribution is 2.19. The molecule has 5 nitrogen and oxygen atoms in total. The average molecular weight is 297 g/mol. The molecule has 2 aromatic heterocycles. The molecule has 0 aliphatic heterocycles.